The van der Waals surface area contributed by atoms with E-state index in [-0.39, 0.29) is 21.5 Å². The lowest BCUT2D eigenvalue weighted by Crippen LogP contribution is -2.24. The minimum atomic E-state index is -0.292. The van der Waals surface area contributed by atoms with Crippen molar-refractivity contribution in [3.63, 3.8) is 0 Å². The van der Waals surface area contributed by atoms with Crippen molar-refractivity contribution in [1.82, 2.24) is 5.32 Å². The van der Waals surface area contributed by atoms with E-state index in [1.807, 2.05) is 24.3 Å². The van der Waals surface area contributed by atoms with Gasteiger partial charge in [-0.25, -0.2) is 0 Å². The molecule has 21 heavy (non-hydrogen) atoms. The van der Waals surface area contributed by atoms with Crippen LogP contribution < -0.4 is 11.1 Å². The number of carbonyl (C=O) groups is 1. The summed E-state index contributed by atoms with van der Waals surface area (Å²) in [6.45, 7) is 2.51. The Balaban J connectivity index is 2.16. The summed E-state index contributed by atoms with van der Waals surface area (Å²) >= 11 is 12.0. The second-order valence-corrected chi connectivity index (χ2v) is 5.45. The SMILES string of the molecule is CCc1ccccc1CNC(=O)c1cc(N)cc(Cl)c1Cl. The minimum absolute atomic E-state index is 0.215. The van der Waals surface area contributed by atoms with Gasteiger partial charge in [0.2, 0.25) is 0 Å². The van der Waals surface area contributed by atoms with Gasteiger partial charge < -0.3 is 11.1 Å². The summed E-state index contributed by atoms with van der Waals surface area (Å²) < 4.78 is 0. The van der Waals surface area contributed by atoms with Gasteiger partial charge in [0.05, 0.1) is 15.6 Å². The Morgan fingerprint density at radius 2 is 1.86 bits per heavy atom. The van der Waals surface area contributed by atoms with Crippen LogP contribution in [0.25, 0.3) is 0 Å². The van der Waals surface area contributed by atoms with Crippen molar-refractivity contribution in [2.45, 2.75) is 19.9 Å². The van der Waals surface area contributed by atoms with E-state index in [1.165, 1.54) is 17.7 Å². The van der Waals surface area contributed by atoms with Crippen LogP contribution in [0.4, 0.5) is 5.69 Å². The van der Waals surface area contributed by atoms with E-state index >= 15 is 0 Å². The Morgan fingerprint density at radius 3 is 2.52 bits per heavy atom. The molecule has 0 radical (unpaired) electrons. The molecule has 0 atom stereocenters. The molecule has 0 unspecified atom stereocenters. The van der Waals surface area contributed by atoms with Crippen LogP contribution in [0.2, 0.25) is 10.0 Å². The summed E-state index contributed by atoms with van der Waals surface area (Å²) in [6, 6.07) is 11.0. The van der Waals surface area contributed by atoms with Crippen molar-refractivity contribution >= 4 is 34.8 Å². The van der Waals surface area contributed by atoms with Crippen molar-refractivity contribution < 1.29 is 4.79 Å². The molecule has 0 bridgehead atoms. The van der Waals surface area contributed by atoms with Gasteiger partial charge >= 0.3 is 0 Å². The van der Waals surface area contributed by atoms with E-state index in [0.29, 0.717) is 12.2 Å². The third kappa shape index (κ3) is 3.69. The molecule has 0 saturated heterocycles. The first-order valence-corrected chi connectivity index (χ1v) is 7.38. The summed E-state index contributed by atoms with van der Waals surface area (Å²) in [5.74, 6) is -0.292. The Hall–Kier alpha value is -1.71. The maximum atomic E-state index is 12.2. The summed E-state index contributed by atoms with van der Waals surface area (Å²) in [5, 5.41) is 3.34. The number of nitrogens with two attached hydrogens (primary N) is 1. The first-order valence-electron chi connectivity index (χ1n) is 6.62. The quantitative estimate of drug-likeness (QED) is 0.834. The van der Waals surface area contributed by atoms with Gasteiger partial charge in [-0.1, -0.05) is 54.4 Å². The van der Waals surface area contributed by atoms with Crippen molar-refractivity contribution in [2.24, 2.45) is 0 Å². The van der Waals surface area contributed by atoms with Gasteiger partial charge in [0.1, 0.15) is 0 Å². The number of halogens is 2. The van der Waals surface area contributed by atoms with Crippen LogP contribution in [0.5, 0.6) is 0 Å². The average molecular weight is 323 g/mol. The smallest absolute Gasteiger partial charge is 0.253 e. The second-order valence-electron chi connectivity index (χ2n) is 4.67. The number of rotatable bonds is 4. The zero-order valence-corrected chi connectivity index (χ0v) is 13.1. The Morgan fingerprint density at radius 1 is 1.19 bits per heavy atom. The molecule has 2 rings (SSSR count). The van der Waals surface area contributed by atoms with Crippen molar-refractivity contribution in [1.29, 1.82) is 0 Å². The predicted molar refractivity (Wildman–Crippen MR) is 87.9 cm³/mol. The topological polar surface area (TPSA) is 55.1 Å². The average Bonchev–Trinajstić information content (AvgIpc) is 2.48. The number of hydrogen-bond acceptors (Lipinski definition) is 2. The molecule has 5 heteroatoms. The van der Waals surface area contributed by atoms with Gasteiger partial charge in [0, 0.05) is 12.2 Å². The van der Waals surface area contributed by atoms with Crippen LogP contribution >= 0.6 is 23.2 Å². The Bertz CT molecular complexity index is 671. The summed E-state index contributed by atoms with van der Waals surface area (Å²) in [4.78, 5) is 12.2. The first-order chi connectivity index (χ1) is 10.0. The fourth-order valence-electron chi connectivity index (χ4n) is 2.12. The fraction of sp³-hybridized carbons (Fsp3) is 0.188. The molecule has 0 aliphatic rings. The van der Waals surface area contributed by atoms with E-state index in [4.69, 9.17) is 28.9 Å². The van der Waals surface area contributed by atoms with Crippen LogP contribution in [0.15, 0.2) is 36.4 Å². The van der Waals surface area contributed by atoms with Crippen molar-refractivity contribution in [3.8, 4) is 0 Å². The largest absolute Gasteiger partial charge is 0.399 e. The Kier molecular flexibility index (Phi) is 5.10. The number of anilines is 1. The first kappa shape index (κ1) is 15.7. The van der Waals surface area contributed by atoms with E-state index in [2.05, 4.69) is 12.2 Å². The molecular formula is C16H16Cl2N2O. The van der Waals surface area contributed by atoms with Gasteiger partial charge in [0.25, 0.3) is 5.91 Å². The van der Waals surface area contributed by atoms with Gasteiger partial charge in [-0.3, -0.25) is 4.79 Å². The number of nitrogens with one attached hydrogen (secondary N) is 1. The van der Waals surface area contributed by atoms with E-state index in [9.17, 15) is 4.79 Å². The third-order valence-corrected chi connectivity index (χ3v) is 4.04. The van der Waals surface area contributed by atoms with Gasteiger partial charge in [-0.2, -0.15) is 0 Å². The maximum Gasteiger partial charge on any atom is 0.253 e. The number of benzene rings is 2. The summed E-state index contributed by atoms with van der Waals surface area (Å²) in [6.07, 6.45) is 0.914. The highest BCUT2D eigenvalue weighted by Gasteiger charge is 2.14. The molecule has 3 N–H and O–H groups in total. The molecule has 0 heterocycles. The van der Waals surface area contributed by atoms with Crippen LogP contribution in [0.1, 0.15) is 28.4 Å². The molecule has 0 spiro atoms. The summed E-state index contributed by atoms with van der Waals surface area (Å²) in [5.41, 5.74) is 8.68. The lowest BCUT2D eigenvalue weighted by Gasteiger charge is -2.11. The molecule has 0 aromatic heterocycles. The van der Waals surface area contributed by atoms with E-state index in [1.54, 1.807) is 0 Å². The highest BCUT2D eigenvalue weighted by Crippen LogP contribution is 2.28. The van der Waals surface area contributed by atoms with Crippen molar-refractivity contribution in [2.75, 3.05) is 5.73 Å². The fourth-order valence-corrected chi connectivity index (χ4v) is 2.54. The number of amides is 1. The zero-order valence-electron chi connectivity index (χ0n) is 11.6. The third-order valence-electron chi connectivity index (χ3n) is 3.23. The highest BCUT2D eigenvalue weighted by atomic mass is 35.5. The number of aryl methyl sites for hydroxylation is 1. The molecule has 2 aromatic carbocycles. The predicted octanol–water partition coefficient (Wildman–Crippen LogP) is 4.07. The van der Waals surface area contributed by atoms with E-state index < -0.39 is 0 Å². The van der Waals surface area contributed by atoms with E-state index in [0.717, 1.165) is 12.0 Å². The molecule has 0 aliphatic heterocycles. The van der Waals surface area contributed by atoms with Crippen LogP contribution in [0.3, 0.4) is 0 Å². The second kappa shape index (κ2) is 6.83. The molecule has 110 valence electrons. The molecule has 0 saturated carbocycles. The number of nitrogen functional groups attached to an aromatic ring is 1. The monoisotopic (exact) mass is 322 g/mol. The van der Waals surface area contributed by atoms with Crippen LogP contribution in [0, 0.1) is 0 Å². The minimum Gasteiger partial charge on any atom is -0.399 e. The maximum absolute atomic E-state index is 12.2. The van der Waals surface area contributed by atoms with Gasteiger partial charge in [-0.05, 0) is 29.7 Å². The van der Waals surface area contributed by atoms with Crippen molar-refractivity contribution in [3.05, 3.63) is 63.1 Å². The number of hydrogen-bond donors (Lipinski definition) is 2. The normalized spacial score (nSPS) is 10.4. The molecule has 0 aliphatic carbocycles. The van der Waals surface area contributed by atoms with Gasteiger partial charge in [-0.15, -0.1) is 0 Å². The molecule has 3 nitrogen and oxygen atoms in total. The standard InChI is InChI=1S/C16H16Cl2N2O/c1-2-10-5-3-4-6-11(10)9-20-16(21)13-7-12(19)8-14(17)15(13)18/h3-8H,2,9,19H2,1H3,(H,20,21). The summed E-state index contributed by atoms with van der Waals surface area (Å²) in [7, 11) is 0. The molecule has 1 amide bonds. The molecular weight excluding hydrogens is 307 g/mol. The highest BCUT2D eigenvalue weighted by molar-refractivity contribution is 6.44. The number of carbonyl (C=O) groups excluding carboxylic acids is 1. The molecule has 2 aromatic rings. The van der Waals surface area contributed by atoms with Crippen LogP contribution in [-0.4, -0.2) is 5.91 Å². The van der Waals surface area contributed by atoms with Gasteiger partial charge in [0.15, 0.2) is 0 Å². The zero-order chi connectivity index (χ0) is 15.4. The van der Waals surface area contributed by atoms with Crippen LogP contribution in [-0.2, 0) is 13.0 Å². The lowest BCUT2D eigenvalue weighted by atomic mass is 10.1. The molecule has 0 fully saturated rings. The lowest BCUT2D eigenvalue weighted by molar-refractivity contribution is 0.0951. The Labute approximate surface area is 134 Å².